The van der Waals surface area contributed by atoms with Gasteiger partial charge in [-0.15, -0.1) is 0 Å². The van der Waals surface area contributed by atoms with Gasteiger partial charge in [0.25, 0.3) is 0 Å². The predicted octanol–water partition coefficient (Wildman–Crippen LogP) is 2.70. The molecule has 1 aromatic carbocycles. The number of amides is 2. The standard InChI is InChI=1S/C19H21ClN4O2/c20-14-4-2-1-3-13(14)16-11-15(22-23-16)12-5-9-24(10-6-12)18(26)19(7-8-19)17(21)25/h1-4,11-12H,5-10H2,(H2,21,25)(H,22,23). The summed E-state index contributed by atoms with van der Waals surface area (Å²) in [5.74, 6) is -0.265. The Morgan fingerprint density at radius 2 is 1.92 bits per heavy atom. The molecule has 2 aromatic rings. The number of likely N-dealkylation sites (tertiary alicyclic amines) is 1. The summed E-state index contributed by atoms with van der Waals surface area (Å²) in [5.41, 5.74) is 7.29. The second kappa shape index (κ2) is 6.43. The topological polar surface area (TPSA) is 92.1 Å². The number of nitrogens with two attached hydrogens (primary N) is 1. The third-order valence-electron chi connectivity index (χ3n) is 5.60. The molecule has 0 atom stereocenters. The molecule has 2 heterocycles. The third-order valence-corrected chi connectivity index (χ3v) is 5.93. The highest BCUT2D eigenvalue weighted by Crippen LogP contribution is 2.47. The maximum Gasteiger partial charge on any atom is 0.238 e. The van der Waals surface area contributed by atoms with Crippen LogP contribution >= 0.6 is 11.6 Å². The van der Waals surface area contributed by atoms with Crippen molar-refractivity contribution >= 4 is 23.4 Å². The summed E-state index contributed by atoms with van der Waals surface area (Å²) in [5, 5.41) is 8.19. The molecule has 3 N–H and O–H groups in total. The second-order valence-corrected chi connectivity index (χ2v) is 7.61. The van der Waals surface area contributed by atoms with Crippen molar-refractivity contribution in [1.82, 2.24) is 15.1 Å². The fraction of sp³-hybridized carbons (Fsp3) is 0.421. The van der Waals surface area contributed by atoms with Crippen molar-refractivity contribution in [3.8, 4) is 11.3 Å². The molecule has 0 radical (unpaired) electrons. The Kier molecular flexibility index (Phi) is 4.23. The number of hydrogen-bond donors (Lipinski definition) is 2. The smallest absolute Gasteiger partial charge is 0.238 e. The lowest BCUT2D eigenvalue weighted by atomic mass is 9.92. The molecule has 26 heavy (non-hydrogen) atoms. The zero-order chi connectivity index (χ0) is 18.3. The van der Waals surface area contributed by atoms with E-state index < -0.39 is 11.3 Å². The van der Waals surface area contributed by atoms with Crippen molar-refractivity contribution in [2.75, 3.05) is 13.1 Å². The Morgan fingerprint density at radius 1 is 1.23 bits per heavy atom. The Morgan fingerprint density at radius 3 is 2.54 bits per heavy atom. The number of carbonyl (C=O) groups excluding carboxylic acids is 2. The molecule has 6 nitrogen and oxygen atoms in total. The predicted molar refractivity (Wildman–Crippen MR) is 98.5 cm³/mol. The molecule has 1 aliphatic heterocycles. The fourth-order valence-electron chi connectivity index (χ4n) is 3.74. The number of hydrogen-bond acceptors (Lipinski definition) is 3. The Bertz CT molecular complexity index is 851. The zero-order valence-electron chi connectivity index (χ0n) is 14.4. The lowest BCUT2D eigenvalue weighted by molar-refractivity contribution is -0.143. The summed E-state index contributed by atoms with van der Waals surface area (Å²) in [6, 6.07) is 9.66. The van der Waals surface area contributed by atoms with Gasteiger partial charge in [0.1, 0.15) is 5.41 Å². The number of nitrogens with zero attached hydrogens (tertiary/aromatic N) is 2. The number of benzene rings is 1. The van der Waals surface area contributed by atoms with Gasteiger partial charge >= 0.3 is 0 Å². The average molecular weight is 373 g/mol. The average Bonchev–Trinajstić information content (AvgIpc) is 3.33. The summed E-state index contributed by atoms with van der Waals surface area (Å²) in [4.78, 5) is 25.9. The number of nitrogens with one attached hydrogen (secondary N) is 1. The van der Waals surface area contributed by atoms with Crippen molar-refractivity contribution in [3.05, 3.63) is 41.0 Å². The number of H-pyrrole nitrogens is 1. The van der Waals surface area contributed by atoms with Crippen molar-refractivity contribution in [1.29, 1.82) is 0 Å². The Hall–Kier alpha value is -2.34. The Balaban J connectivity index is 1.42. The van der Waals surface area contributed by atoms with Crippen molar-refractivity contribution in [2.24, 2.45) is 11.1 Å². The first-order valence-electron chi connectivity index (χ1n) is 8.91. The van der Waals surface area contributed by atoms with E-state index in [1.54, 1.807) is 4.90 Å². The molecule has 2 fully saturated rings. The van der Waals surface area contributed by atoms with Crippen LogP contribution in [-0.4, -0.2) is 40.0 Å². The molecule has 7 heteroatoms. The summed E-state index contributed by atoms with van der Waals surface area (Å²) in [6.45, 7) is 1.28. The van der Waals surface area contributed by atoms with Crippen LogP contribution in [0.1, 0.15) is 37.3 Å². The van der Waals surface area contributed by atoms with E-state index in [-0.39, 0.29) is 5.91 Å². The van der Waals surface area contributed by atoms with Crippen molar-refractivity contribution < 1.29 is 9.59 Å². The molecule has 0 unspecified atom stereocenters. The monoisotopic (exact) mass is 372 g/mol. The third kappa shape index (κ3) is 2.88. The fourth-order valence-corrected chi connectivity index (χ4v) is 3.97. The van der Waals surface area contributed by atoms with E-state index in [4.69, 9.17) is 17.3 Å². The number of primary amides is 1. The van der Waals surface area contributed by atoms with Crippen LogP contribution in [0.5, 0.6) is 0 Å². The van der Waals surface area contributed by atoms with E-state index in [2.05, 4.69) is 10.2 Å². The number of carbonyl (C=O) groups is 2. The number of aromatic amines is 1. The van der Waals surface area contributed by atoms with Crippen LogP contribution in [0.4, 0.5) is 0 Å². The van der Waals surface area contributed by atoms with Gasteiger partial charge in [-0.05, 0) is 37.8 Å². The largest absolute Gasteiger partial charge is 0.369 e. The first-order valence-corrected chi connectivity index (χ1v) is 9.28. The molecular weight excluding hydrogens is 352 g/mol. The van der Waals surface area contributed by atoms with E-state index in [0.29, 0.717) is 36.9 Å². The molecule has 0 bridgehead atoms. The van der Waals surface area contributed by atoms with E-state index >= 15 is 0 Å². The molecule has 2 aliphatic rings. The summed E-state index contributed by atoms with van der Waals surface area (Å²) in [7, 11) is 0. The van der Waals surface area contributed by atoms with Crippen LogP contribution < -0.4 is 5.73 Å². The highest BCUT2D eigenvalue weighted by Gasteiger charge is 2.57. The zero-order valence-corrected chi connectivity index (χ0v) is 15.1. The SMILES string of the molecule is NC(=O)C1(C(=O)N2CCC(c3cc(-c4ccccc4Cl)n[nH]3)CC2)CC1. The molecular formula is C19H21ClN4O2. The van der Waals surface area contributed by atoms with E-state index in [1.807, 2.05) is 30.3 Å². The molecule has 2 amide bonds. The summed E-state index contributed by atoms with van der Waals surface area (Å²) < 4.78 is 0. The lowest BCUT2D eigenvalue weighted by Gasteiger charge is -2.33. The first-order chi connectivity index (χ1) is 12.5. The number of halogens is 1. The molecule has 1 aromatic heterocycles. The molecule has 1 aliphatic carbocycles. The minimum Gasteiger partial charge on any atom is -0.369 e. The minimum absolute atomic E-state index is 0.0928. The van der Waals surface area contributed by atoms with Crippen LogP contribution in [0.2, 0.25) is 5.02 Å². The van der Waals surface area contributed by atoms with Crippen LogP contribution in [0.15, 0.2) is 30.3 Å². The number of piperidine rings is 1. The van der Waals surface area contributed by atoms with Gasteiger partial charge < -0.3 is 10.6 Å². The highest BCUT2D eigenvalue weighted by atomic mass is 35.5. The quantitative estimate of drug-likeness (QED) is 0.808. The van der Waals surface area contributed by atoms with Gasteiger partial charge in [0, 0.05) is 30.3 Å². The maximum atomic E-state index is 12.6. The van der Waals surface area contributed by atoms with Gasteiger partial charge in [-0.3, -0.25) is 14.7 Å². The van der Waals surface area contributed by atoms with Gasteiger partial charge in [0.15, 0.2) is 0 Å². The second-order valence-electron chi connectivity index (χ2n) is 7.20. The lowest BCUT2D eigenvalue weighted by Crippen LogP contribution is -2.46. The first kappa shape index (κ1) is 17.1. The van der Waals surface area contributed by atoms with E-state index in [9.17, 15) is 9.59 Å². The van der Waals surface area contributed by atoms with Crippen molar-refractivity contribution in [3.63, 3.8) is 0 Å². The van der Waals surface area contributed by atoms with Gasteiger partial charge in [-0.1, -0.05) is 29.8 Å². The van der Waals surface area contributed by atoms with E-state index in [0.717, 1.165) is 29.8 Å². The van der Waals surface area contributed by atoms with E-state index in [1.165, 1.54) is 0 Å². The molecule has 1 saturated heterocycles. The maximum absolute atomic E-state index is 12.6. The van der Waals surface area contributed by atoms with Gasteiger partial charge in [-0.2, -0.15) is 5.10 Å². The summed E-state index contributed by atoms with van der Waals surface area (Å²) >= 11 is 6.25. The normalized spacial score (nSPS) is 19.3. The minimum atomic E-state index is -0.919. The number of rotatable bonds is 4. The van der Waals surface area contributed by atoms with Crippen molar-refractivity contribution in [2.45, 2.75) is 31.6 Å². The summed E-state index contributed by atoms with van der Waals surface area (Å²) in [6.07, 6.45) is 2.85. The van der Waals surface area contributed by atoms with Gasteiger partial charge in [0.05, 0.1) is 10.7 Å². The van der Waals surface area contributed by atoms with Gasteiger partial charge in [0.2, 0.25) is 11.8 Å². The Labute approximate surface area is 156 Å². The van der Waals surface area contributed by atoms with Crippen LogP contribution in [0.3, 0.4) is 0 Å². The molecule has 1 saturated carbocycles. The van der Waals surface area contributed by atoms with Gasteiger partial charge in [-0.25, -0.2) is 0 Å². The number of aromatic nitrogens is 2. The molecule has 4 rings (SSSR count). The van der Waals surface area contributed by atoms with Crippen LogP contribution in [-0.2, 0) is 9.59 Å². The highest BCUT2D eigenvalue weighted by molar-refractivity contribution is 6.33. The van der Waals surface area contributed by atoms with Crippen LogP contribution in [0.25, 0.3) is 11.3 Å². The molecule has 136 valence electrons. The van der Waals surface area contributed by atoms with Crippen LogP contribution in [0, 0.1) is 5.41 Å². The molecule has 0 spiro atoms.